The van der Waals surface area contributed by atoms with Crippen LogP contribution in [0.3, 0.4) is 0 Å². The molecule has 0 atom stereocenters. The fraction of sp³-hybridized carbons (Fsp3) is 0.588. The number of nitrogens with one attached hydrogen (secondary N) is 1. The highest BCUT2D eigenvalue weighted by atomic mass is 32.2. The summed E-state index contributed by atoms with van der Waals surface area (Å²) in [6.07, 6.45) is 4.47. The zero-order valence-corrected chi connectivity index (χ0v) is 15.4. The largest absolute Gasteiger partial charge is 0.356 e. The highest BCUT2D eigenvalue weighted by Gasteiger charge is 2.21. The maximum absolute atomic E-state index is 12.1. The molecule has 0 aliphatic rings. The molecule has 1 aromatic rings. The van der Waals surface area contributed by atoms with Crippen LogP contribution in [0.2, 0.25) is 0 Å². The minimum Gasteiger partial charge on any atom is -0.356 e. The molecule has 6 heteroatoms. The molecule has 130 valence electrons. The van der Waals surface area contributed by atoms with Gasteiger partial charge in [0.2, 0.25) is 15.9 Å². The van der Waals surface area contributed by atoms with E-state index in [0.29, 0.717) is 12.2 Å². The van der Waals surface area contributed by atoms with Crippen LogP contribution in [-0.4, -0.2) is 33.7 Å². The van der Waals surface area contributed by atoms with Gasteiger partial charge in [0.15, 0.2) is 0 Å². The Hall–Kier alpha value is -1.56. The fourth-order valence-corrected chi connectivity index (χ4v) is 3.58. The van der Waals surface area contributed by atoms with Gasteiger partial charge in [-0.15, -0.1) is 0 Å². The summed E-state index contributed by atoms with van der Waals surface area (Å²) < 4.78 is 25.6. The summed E-state index contributed by atoms with van der Waals surface area (Å²) in [5.74, 6) is -0.110. The lowest BCUT2D eigenvalue weighted by molar-refractivity contribution is -0.120. The third-order valence-corrected chi connectivity index (χ3v) is 4.90. The third-order valence-electron chi connectivity index (χ3n) is 3.73. The fourth-order valence-electron chi connectivity index (χ4n) is 2.54. The Morgan fingerprint density at radius 3 is 2.30 bits per heavy atom. The van der Waals surface area contributed by atoms with Gasteiger partial charge in [-0.25, -0.2) is 8.42 Å². The number of nitrogens with zero attached hydrogens (tertiary/aromatic N) is 1. The summed E-state index contributed by atoms with van der Waals surface area (Å²) >= 11 is 0. The molecule has 0 aromatic heterocycles. The van der Waals surface area contributed by atoms with Gasteiger partial charge in [0.25, 0.3) is 0 Å². The number of amides is 1. The second kappa shape index (κ2) is 8.91. The van der Waals surface area contributed by atoms with Crippen LogP contribution in [0.4, 0.5) is 5.69 Å². The number of hydrogen-bond acceptors (Lipinski definition) is 3. The van der Waals surface area contributed by atoms with Crippen molar-refractivity contribution in [3.05, 3.63) is 29.3 Å². The van der Waals surface area contributed by atoms with Crippen molar-refractivity contribution in [2.75, 3.05) is 23.7 Å². The second-order valence-electron chi connectivity index (χ2n) is 5.88. The van der Waals surface area contributed by atoms with Crippen molar-refractivity contribution in [2.24, 2.45) is 0 Å². The van der Waals surface area contributed by atoms with Crippen molar-refractivity contribution >= 4 is 21.6 Å². The smallest absolute Gasteiger partial charge is 0.232 e. The van der Waals surface area contributed by atoms with E-state index in [1.54, 1.807) is 0 Å². The van der Waals surface area contributed by atoms with Crippen molar-refractivity contribution in [3.63, 3.8) is 0 Å². The van der Waals surface area contributed by atoms with Gasteiger partial charge < -0.3 is 5.32 Å². The van der Waals surface area contributed by atoms with Gasteiger partial charge >= 0.3 is 0 Å². The van der Waals surface area contributed by atoms with Crippen molar-refractivity contribution in [3.8, 4) is 0 Å². The van der Waals surface area contributed by atoms with E-state index in [0.717, 1.165) is 30.4 Å². The van der Waals surface area contributed by atoms with E-state index in [2.05, 4.69) is 12.2 Å². The lowest BCUT2D eigenvalue weighted by Crippen LogP contribution is -2.35. The Morgan fingerprint density at radius 1 is 1.17 bits per heavy atom. The van der Waals surface area contributed by atoms with E-state index >= 15 is 0 Å². The van der Waals surface area contributed by atoms with Gasteiger partial charge in [0.1, 0.15) is 0 Å². The molecule has 0 spiro atoms. The van der Waals surface area contributed by atoms with Crippen LogP contribution < -0.4 is 9.62 Å². The molecule has 0 aliphatic carbocycles. The summed E-state index contributed by atoms with van der Waals surface area (Å²) in [7, 11) is -3.43. The first-order valence-corrected chi connectivity index (χ1v) is 9.92. The monoisotopic (exact) mass is 340 g/mol. The summed E-state index contributed by atoms with van der Waals surface area (Å²) in [5.41, 5.74) is 2.45. The molecule has 0 fully saturated rings. The van der Waals surface area contributed by atoms with E-state index < -0.39 is 10.0 Å². The average Bonchev–Trinajstić information content (AvgIpc) is 2.45. The Kier molecular flexibility index (Phi) is 7.55. The summed E-state index contributed by atoms with van der Waals surface area (Å²) in [5, 5.41) is 2.84. The summed E-state index contributed by atoms with van der Waals surface area (Å²) in [6.45, 7) is 6.67. The topological polar surface area (TPSA) is 66.5 Å². The van der Waals surface area contributed by atoms with Crippen LogP contribution in [0.25, 0.3) is 0 Å². The number of benzene rings is 1. The van der Waals surface area contributed by atoms with Crippen molar-refractivity contribution < 1.29 is 13.2 Å². The van der Waals surface area contributed by atoms with Crippen molar-refractivity contribution in [1.82, 2.24) is 5.32 Å². The van der Waals surface area contributed by atoms with Crippen LogP contribution in [0.1, 0.15) is 43.7 Å². The Labute approximate surface area is 140 Å². The van der Waals surface area contributed by atoms with Crippen LogP contribution in [0, 0.1) is 13.8 Å². The van der Waals surface area contributed by atoms with Gasteiger partial charge in [-0.3, -0.25) is 9.10 Å². The van der Waals surface area contributed by atoms with E-state index in [1.807, 2.05) is 32.0 Å². The van der Waals surface area contributed by atoms with Crippen molar-refractivity contribution in [2.45, 2.75) is 46.5 Å². The van der Waals surface area contributed by atoms with Crippen LogP contribution >= 0.6 is 0 Å². The lowest BCUT2D eigenvalue weighted by Gasteiger charge is -2.25. The quantitative estimate of drug-likeness (QED) is 0.703. The first-order chi connectivity index (χ1) is 10.8. The molecule has 1 N–H and O–H groups in total. The summed E-state index contributed by atoms with van der Waals surface area (Å²) in [6, 6.07) is 5.66. The van der Waals surface area contributed by atoms with Crippen LogP contribution in [-0.2, 0) is 14.8 Å². The second-order valence-corrected chi connectivity index (χ2v) is 7.79. The Bertz CT molecular complexity index is 606. The summed E-state index contributed by atoms with van der Waals surface area (Å²) in [4.78, 5) is 11.9. The number of hydrogen-bond donors (Lipinski definition) is 1. The highest BCUT2D eigenvalue weighted by molar-refractivity contribution is 7.92. The average molecular weight is 340 g/mol. The predicted octanol–water partition coefficient (Wildman–Crippen LogP) is 2.77. The molecule has 0 saturated carbocycles. The first-order valence-electron chi connectivity index (χ1n) is 8.08. The van der Waals surface area contributed by atoms with Crippen LogP contribution in [0.5, 0.6) is 0 Å². The van der Waals surface area contributed by atoms with Gasteiger partial charge in [0, 0.05) is 19.5 Å². The number of carbonyl (C=O) groups excluding carboxylic acids is 1. The highest BCUT2D eigenvalue weighted by Crippen LogP contribution is 2.26. The van der Waals surface area contributed by atoms with Gasteiger partial charge in [-0.2, -0.15) is 0 Å². The molecule has 1 aromatic carbocycles. The van der Waals surface area contributed by atoms with E-state index in [4.69, 9.17) is 0 Å². The first kappa shape index (κ1) is 19.5. The van der Waals surface area contributed by atoms with Crippen molar-refractivity contribution in [1.29, 1.82) is 0 Å². The van der Waals surface area contributed by atoms with E-state index in [-0.39, 0.29) is 18.9 Å². The maximum Gasteiger partial charge on any atom is 0.232 e. The normalized spacial score (nSPS) is 11.3. The van der Waals surface area contributed by atoms with Gasteiger partial charge in [0.05, 0.1) is 11.9 Å². The zero-order chi connectivity index (χ0) is 17.5. The molecular weight excluding hydrogens is 312 g/mol. The number of unbranched alkanes of at least 4 members (excludes halogenated alkanes) is 2. The minimum absolute atomic E-state index is 0.110. The number of para-hydroxylation sites is 1. The molecule has 0 unspecified atom stereocenters. The molecule has 23 heavy (non-hydrogen) atoms. The molecule has 0 heterocycles. The number of carbonyl (C=O) groups is 1. The molecule has 0 aliphatic heterocycles. The molecule has 0 saturated heterocycles. The molecule has 1 rings (SSSR count). The lowest BCUT2D eigenvalue weighted by atomic mass is 10.1. The number of anilines is 1. The SMILES string of the molecule is CCCCCNC(=O)CCN(c1c(C)cccc1C)S(C)(=O)=O. The molecular formula is C17H28N2O3S. The number of rotatable bonds is 9. The number of aryl methyl sites for hydroxylation is 2. The Morgan fingerprint density at radius 2 is 1.78 bits per heavy atom. The minimum atomic E-state index is -3.43. The molecule has 1 amide bonds. The standard InChI is InChI=1S/C17H28N2O3S/c1-5-6-7-12-18-16(20)11-13-19(23(4,21)22)17-14(2)9-8-10-15(17)3/h8-10H,5-7,11-13H2,1-4H3,(H,18,20). The van der Waals surface area contributed by atoms with Gasteiger partial charge in [-0.05, 0) is 31.4 Å². The maximum atomic E-state index is 12.1. The zero-order valence-electron chi connectivity index (χ0n) is 14.6. The molecule has 0 radical (unpaired) electrons. The molecule has 5 nitrogen and oxygen atoms in total. The van der Waals surface area contributed by atoms with Crippen LogP contribution in [0.15, 0.2) is 18.2 Å². The van der Waals surface area contributed by atoms with E-state index in [9.17, 15) is 13.2 Å². The predicted molar refractivity (Wildman–Crippen MR) is 95.3 cm³/mol. The third kappa shape index (κ3) is 6.22. The number of sulfonamides is 1. The van der Waals surface area contributed by atoms with E-state index in [1.165, 1.54) is 10.6 Å². The molecule has 0 bridgehead atoms. The Balaban J connectivity index is 2.77. The van der Waals surface area contributed by atoms with Gasteiger partial charge in [-0.1, -0.05) is 38.0 Å².